The van der Waals surface area contributed by atoms with Gasteiger partial charge in [0, 0.05) is 0 Å². The Morgan fingerprint density at radius 2 is 1.53 bits per heavy atom. The van der Waals surface area contributed by atoms with Crippen LogP contribution >= 0.6 is 0 Å². The fourth-order valence-corrected chi connectivity index (χ4v) is 1.38. The summed E-state index contributed by atoms with van der Waals surface area (Å²) in [7, 11) is 0. The molecule has 0 fully saturated rings. The second-order valence-corrected chi connectivity index (χ2v) is 4.51. The van der Waals surface area contributed by atoms with E-state index in [2.05, 4.69) is 21.9 Å². The molecule has 0 aliphatic carbocycles. The molecule has 0 heterocycles. The van der Waals surface area contributed by atoms with Crippen LogP contribution in [0.2, 0.25) is 0 Å². The topological polar surface area (TPSA) is 77.3 Å². The SMILES string of the molecule is CCCCCCCCOC(=O)/N=N/C(=O)OC(C)C. The van der Waals surface area contributed by atoms with Crippen molar-refractivity contribution in [2.24, 2.45) is 10.2 Å². The summed E-state index contributed by atoms with van der Waals surface area (Å²) in [6.07, 6.45) is 4.62. The Morgan fingerprint density at radius 3 is 2.16 bits per heavy atom. The van der Waals surface area contributed by atoms with Crippen LogP contribution in [-0.2, 0) is 9.47 Å². The zero-order chi connectivity index (χ0) is 14.5. The Bertz CT molecular complexity index is 290. The van der Waals surface area contributed by atoms with Gasteiger partial charge in [-0.2, -0.15) is 0 Å². The van der Waals surface area contributed by atoms with Crippen molar-refractivity contribution in [1.82, 2.24) is 0 Å². The lowest BCUT2D eigenvalue weighted by molar-refractivity contribution is 0.121. The molecule has 0 rings (SSSR count). The molecular weight excluding hydrogens is 248 g/mol. The second-order valence-electron chi connectivity index (χ2n) is 4.51. The summed E-state index contributed by atoms with van der Waals surface area (Å²) in [5, 5.41) is 6.21. The van der Waals surface area contributed by atoms with Crippen molar-refractivity contribution in [3.05, 3.63) is 0 Å². The Balaban J connectivity index is 3.53. The third-order valence-electron chi connectivity index (χ3n) is 2.27. The van der Waals surface area contributed by atoms with Crippen molar-refractivity contribution in [3.63, 3.8) is 0 Å². The van der Waals surface area contributed by atoms with Crippen LogP contribution in [0.5, 0.6) is 0 Å². The van der Waals surface area contributed by atoms with Crippen molar-refractivity contribution in [2.75, 3.05) is 6.61 Å². The van der Waals surface area contributed by atoms with E-state index in [1.807, 2.05) is 0 Å². The predicted molar refractivity (Wildman–Crippen MR) is 71.2 cm³/mol. The van der Waals surface area contributed by atoms with Gasteiger partial charge < -0.3 is 9.47 Å². The minimum Gasteiger partial charge on any atom is -0.447 e. The number of hydrogen-bond acceptors (Lipinski definition) is 4. The van der Waals surface area contributed by atoms with E-state index >= 15 is 0 Å². The molecule has 0 bridgehead atoms. The third-order valence-corrected chi connectivity index (χ3v) is 2.27. The van der Waals surface area contributed by atoms with E-state index in [1.54, 1.807) is 13.8 Å². The number of unbranched alkanes of at least 4 members (excludes halogenated alkanes) is 5. The number of hydrogen-bond donors (Lipinski definition) is 0. The highest BCUT2D eigenvalue weighted by Gasteiger charge is 2.05. The van der Waals surface area contributed by atoms with E-state index in [0.29, 0.717) is 6.61 Å². The van der Waals surface area contributed by atoms with Crippen molar-refractivity contribution >= 4 is 12.2 Å². The van der Waals surface area contributed by atoms with Gasteiger partial charge in [0.2, 0.25) is 0 Å². The van der Waals surface area contributed by atoms with Gasteiger partial charge in [-0.25, -0.2) is 9.59 Å². The maximum atomic E-state index is 11.1. The van der Waals surface area contributed by atoms with Gasteiger partial charge in [0.05, 0.1) is 12.7 Å². The lowest BCUT2D eigenvalue weighted by atomic mass is 10.1. The van der Waals surface area contributed by atoms with E-state index in [9.17, 15) is 9.59 Å². The molecule has 6 heteroatoms. The maximum absolute atomic E-state index is 11.1. The molecule has 6 nitrogen and oxygen atoms in total. The lowest BCUT2D eigenvalue weighted by Crippen LogP contribution is -2.07. The summed E-state index contributed by atoms with van der Waals surface area (Å²) < 4.78 is 9.47. The van der Waals surface area contributed by atoms with Crippen LogP contribution in [-0.4, -0.2) is 24.9 Å². The Hall–Kier alpha value is -1.46. The number of rotatable bonds is 8. The van der Waals surface area contributed by atoms with Crippen LogP contribution in [0, 0.1) is 0 Å². The highest BCUT2D eigenvalue weighted by atomic mass is 16.6. The van der Waals surface area contributed by atoms with Gasteiger partial charge in [-0.3, -0.25) is 0 Å². The number of ether oxygens (including phenoxy) is 2. The summed E-state index contributed by atoms with van der Waals surface area (Å²) in [5.74, 6) is 0. The van der Waals surface area contributed by atoms with Gasteiger partial charge in [-0.15, -0.1) is 0 Å². The van der Waals surface area contributed by atoms with Gasteiger partial charge in [-0.05, 0) is 20.3 Å². The average molecular weight is 272 g/mol. The van der Waals surface area contributed by atoms with Gasteiger partial charge in [-0.1, -0.05) is 49.3 Å². The van der Waals surface area contributed by atoms with Gasteiger partial charge in [0.25, 0.3) is 0 Å². The van der Waals surface area contributed by atoms with Crippen molar-refractivity contribution in [1.29, 1.82) is 0 Å². The summed E-state index contributed by atoms with van der Waals surface area (Å²) in [5.41, 5.74) is 0. The molecule has 0 spiro atoms. The van der Waals surface area contributed by atoms with E-state index in [0.717, 1.165) is 19.3 Å². The van der Waals surface area contributed by atoms with Gasteiger partial charge in [0.15, 0.2) is 0 Å². The summed E-state index contributed by atoms with van der Waals surface area (Å²) >= 11 is 0. The number of carbonyl (C=O) groups excluding carboxylic acids is 2. The minimum atomic E-state index is -0.883. The van der Waals surface area contributed by atoms with E-state index < -0.39 is 12.2 Å². The van der Waals surface area contributed by atoms with Crippen LogP contribution in [0.25, 0.3) is 0 Å². The first-order valence-corrected chi connectivity index (χ1v) is 6.85. The molecule has 0 aliphatic rings. The molecule has 110 valence electrons. The monoisotopic (exact) mass is 272 g/mol. The second kappa shape index (κ2) is 11.6. The van der Waals surface area contributed by atoms with Crippen molar-refractivity contribution in [2.45, 2.75) is 65.4 Å². The number of amides is 2. The van der Waals surface area contributed by atoms with Crippen molar-refractivity contribution in [3.8, 4) is 0 Å². The molecule has 2 amide bonds. The van der Waals surface area contributed by atoms with Gasteiger partial charge in [0.1, 0.15) is 0 Å². The maximum Gasteiger partial charge on any atom is 0.452 e. The minimum absolute atomic E-state index is 0.286. The van der Waals surface area contributed by atoms with E-state index in [4.69, 9.17) is 4.74 Å². The summed E-state index contributed by atoms with van der Waals surface area (Å²) in [6, 6.07) is 0. The predicted octanol–water partition coefficient (Wildman–Crippen LogP) is 4.48. The van der Waals surface area contributed by atoms with Crippen LogP contribution in [0.3, 0.4) is 0 Å². The fourth-order valence-electron chi connectivity index (χ4n) is 1.38. The number of nitrogens with zero attached hydrogens (tertiary/aromatic N) is 2. The fraction of sp³-hybridized carbons (Fsp3) is 0.846. The summed E-state index contributed by atoms with van der Waals surface area (Å²) in [6.45, 7) is 5.84. The average Bonchev–Trinajstić information content (AvgIpc) is 2.34. The van der Waals surface area contributed by atoms with Crippen LogP contribution in [0.15, 0.2) is 10.2 Å². The first-order chi connectivity index (χ1) is 9.06. The lowest BCUT2D eigenvalue weighted by Gasteiger charge is -2.02. The standard InChI is InChI=1S/C13H24N2O4/c1-4-5-6-7-8-9-10-18-12(16)14-15-13(17)19-11(2)3/h11H,4-10H2,1-3H3/b15-14+. The van der Waals surface area contributed by atoms with Crippen LogP contribution in [0.4, 0.5) is 9.59 Å². The number of carbonyl (C=O) groups is 2. The highest BCUT2D eigenvalue weighted by molar-refractivity contribution is 5.73. The molecule has 0 saturated carbocycles. The smallest absolute Gasteiger partial charge is 0.447 e. The molecule has 0 atom stereocenters. The van der Waals surface area contributed by atoms with Crippen LogP contribution in [0.1, 0.15) is 59.3 Å². The molecule has 0 saturated heterocycles. The molecular formula is C13H24N2O4. The largest absolute Gasteiger partial charge is 0.452 e. The molecule has 0 aromatic rings. The number of azo groups is 1. The Morgan fingerprint density at radius 1 is 0.947 bits per heavy atom. The molecule has 0 radical (unpaired) electrons. The molecule has 0 aliphatic heterocycles. The van der Waals surface area contributed by atoms with Crippen LogP contribution < -0.4 is 0 Å². The zero-order valence-electron chi connectivity index (χ0n) is 12.1. The third kappa shape index (κ3) is 12.8. The molecule has 0 aromatic carbocycles. The molecule has 19 heavy (non-hydrogen) atoms. The summed E-state index contributed by atoms with van der Waals surface area (Å²) in [4.78, 5) is 22.0. The van der Waals surface area contributed by atoms with E-state index in [-0.39, 0.29) is 6.10 Å². The quantitative estimate of drug-likeness (QED) is 0.482. The molecule has 0 aromatic heterocycles. The van der Waals surface area contributed by atoms with Crippen molar-refractivity contribution < 1.29 is 19.1 Å². The first kappa shape index (κ1) is 17.5. The Kier molecular flexibility index (Phi) is 10.7. The highest BCUT2D eigenvalue weighted by Crippen LogP contribution is 2.05. The van der Waals surface area contributed by atoms with Gasteiger partial charge >= 0.3 is 12.2 Å². The van der Waals surface area contributed by atoms with E-state index in [1.165, 1.54) is 19.3 Å². The zero-order valence-corrected chi connectivity index (χ0v) is 12.1. The first-order valence-electron chi connectivity index (χ1n) is 6.85. The molecule has 0 N–H and O–H groups in total. The molecule has 0 unspecified atom stereocenters. The Labute approximate surface area is 114 Å². The normalized spacial score (nSPS) is 10.9.